The Labute approximate surface area is 122 Å². The van der Waals surface area contributed by atoms with E-state index >= 15 is 0 Å². The summed E-state index contributed by atoms with van der Waals surface area (Å²) in [5.41, 5.74) is 10.1. The molecule has 0 aliphatic carbocycles. The van der Waals surface area contributed by atoms with Gasteiger partial charge in [-0.1, -0.05) is 42.7 Å². The maximum Gasteiger partial charge on any atom is 0.167 e. The number of hydrogen-bond acceptors (Lipinski definition) is 3. The van der Waals surface area contributed by atoms with Crippen LogP contribution in [0.4, 0.5) is 5.69 Å². The average Bonchev–Trinajstić information content (AvgIpc) is 2.84. The molecule has 1 aromatic heterocycles. The minimum absolute atomic E-state index is 0.456. The molecule has 0 radical (unpaired) electrons. The molecule has 0 saturated carbocycles. The van der Waals surface area contributed by atoms with Crippen molar-refractivity contribution in [1.82, 2.24) is 5.16 Å². The van der Waals surface area contributed by atoms with Crippen LogP contribution in [0, 0.1) is 0 Å². The minimum Gasteiger partial charge on any atom is -0.398 e. The first-order chi connectivity index (χ1) is 9.56. The van der Waals surface area contributed by atoms with Crippen LogP contribution in [0.3, 0.4) is 0 Å². The molecule has 0 bridgehead atoms. The normalized spacial score (nSPS) is 11.4. The fourth-order valence-corrected chi connectivity index (χ4v) is 2.33. The fraction of sp³-hybridized carbons (Fsp3) is 0.188. The van der Waals surface area contributed by atoms with Gasteiger partial charge in [0, 0.05) is 10.9 Å². The molecule has 1 heterocycles. The van der Waals surface area contributed by atoms with Crippen LogP contribution in [0.2, 0.25) is 5.02 Å². The van der Waals surface area contributed by atoms with Gasteiger partial charge in [-0.3, -0.25) is 0 Å². The van der Waals surface area contributed by atoms with E-state index in [9.17, 15) is 0 Å². The average molecular weight is 287 g/mol. The van der Waals surface area contributed by atoms with Gasteiger partial charge in [0.2, 0.25) is 0 Å². The summed E-state index contributed by atoms with van der Waals surface area (Å²) in [4.78, 5) is 0. The van der Waals surface area contributed by atoms with Crippen LogP contribution in [-0.4, -0.2) is 5.16 Å². The van der Waals surface area contributed by atoms with Gasteiger partial charge in [0.1, 0.15) is 5.69 Å². The summed E-state index contributed by atoms with van der Waals surface area (Å²) >= 11 is 5.96. The van der Waals surface area contributed by atoms with Crippen LogP contribution >= 0.6 is 11.6 Å². The number of hydrogen-bond donors (Lipinski definition) is 1. The molecule has 2 N–H and O–H groups in total. The lowest BCUT2D eigenvalue weighted by molar-refractivity contribution is 0.459. The van der Waals surface area contributed by atoms with Crippen LogP contribution < -0.4 is 5.73 Å². The third-order valence-corrected chi connectivity index (χ3v) is 3.77. The maximum absolute atomic E-state index is 5.96. The Morgan fingerprint density at radius 3 is 2.65 bits per heavy atom. The summed E-state index contributed by atoms with van der Waals surface area (Å²) < 4.78 is 5.38. The number of benzene rings is 2. The monoisotopic (exact) mass is 286 g/mol. The standard InChI is InChI=1S/C16H15ClN2O/c1-9(2)10-4-6-15-12(7-10)16(19-20-15)11-3-5-13(17)14(18)8-11/h3-9H,18H2,1-2H3. The third kappa shape index (κ3) is 2.14. The van der Waals surface area contributed by atoms with Gasteiger partial charge in [-0.25, -0.2) is 0 Å². The number of halogens is 1. The highest BCUT2D eigenvalue weighted by molar-refractivity contribution is 6.33. The number of nitrogens with zero attached hydrogens (tertiary/aromatic N) is 1. The van der Waals surface area contributed by atoms with E-state index in [2.05, 4.69) is 31.1 Å². The molecule has 0 spiro atoms. The van der Waals surface area contributed by atoms with E-state index in [0.717, 1.165) is 22.2 Å². The van der Waals surface area contributed by atoms with Crippen LogP contribution in [0.25, 0.3) is 22.2 Å². The zero-order chi connectivity index (χ0) is 14.3. The minimum atomic E-state index is 0.456. The molecule has 0 atom stereocenters. The lowest BCUT2D eigenvalue weighted by Gasteiger charge is -2.05. The number of aromatic nitrogens is 1. The van der Waals surface area contributed by atoms with Crippen molar-refractivity contribution >= 4 is 28.3 Å². The highest BCUT2D eigenvalue weighted by Crippen LogP contribution is 2.32. The molecule has 0 amide bonds. The van der Waals surface area contributed by atoms with E-state index in [0.29, 0.717) is 16.6 Å². The molecule has 0 unspecified atom stereocenters. The molecule has 4 heteroatoms. The Morgan fingerprint density at radius 1 is 1.15 bits per heavy atom. The van der Waals surface area contributed by atoms with Gasteiger partial charge in [-0.05, 0) is 35.7 Å². The third-order valence-electron chi connectivity index (χ3n) is 3.43. The predicted octanol–water partition coefficient (Wildman–Crippen LogP) is 4.85. The molecule has 0 saturated heterocycles. The van der Waals surface area contributed by atoms with Crippen molar-refractivity contribution in [3.8, 4) is 11.3 Å². The van der Waals surface area contributed by atoms with Crippen molar-refractivity contribution < 1.29 is 4.52 Å². The van der Waals surface area contributed by atoms with Crippen molar-refractivity contribution in [3.63, 3.8) is 0 Å². The van der Waals surface area contributed by atoms with Crippen molar-refractivity contribution in [2.45, 2.75) is 19.8 Å². The number of nitrogen functional groups attached to an aromatic ring is 1. The fourth-order valence-electron chi connectivity index (χ4n) is 2.21. The summed E-state index contributed by atoms with van der Waals surface area (Å²) in [6.07, 6.45) is 0. The van der Waals surface area contributed by atoms with Crippen molar-refractivity contribution in [2.75, 3.05) is 5.73 Å². The molecule has 0 fully saturated rings. The topological polar surface area (TPSA) is 52.0 Å². The van der Waals surface area contributed by atoms with E-state index in [1.165, 1.54) is 5.56 Å². The lowest BCUT2D eigenvalue weighted by atomic mass is 9.99. The van der Waals surface area contributed by atoms with Crippen LogP contribution in [0.15, 0.2) is 40.9 Å². The van der Waals surface area contributed by atoms with E-state index < -0.39 is 0 Å². The van der Waals surface area contributed by atoms with Gasteiger partial charge >= 0.3 is 0 Å². The van der Waals surface area contributed by atoms with Gasteiger partial charge < -0.3 is 10.3 Å². The van der Waals surface area contributed by atoms with Crippen molar-refractivity contribution in [3.05, 3.63) is 47.0 Å². The second-order valence-electron chi connectivity index (χ2n) is 5.18. The Bertz CT molecular complexity index is 777. The Kier molecular flexibility index (Phi) is 3.14. The highest BCUT2D eigenvalue weighted by Gasteiger charge is 2.13. The first-order valence-electron chi connectivity index (χ1n) is 6.51. The van der Waals surface area contributed by atoms with E-state index in [1.54, 1.807) is 6.07 Å². The van der Waals surface area contributed by atoms with Gasteiger partial charge in [0.05, 0.1) is 10.7 Å². The van der Waals surface area contributed by atoms with Gasteiger partial charge in [-0.15, -0.1) is 0 Å². The zero-order valence-electron chi connectivity index (χ0n) is 11.4. The lowest BCUT2D eigenvalue weighted by Crippen LogP contribution is -1.89. The SMILES string of the molecule is CC(C)c1ccc2onc(-c3ccc(Cl)c(N)c3)c2c1. The number of rotatable bonds is 2. The van der Waals surface area contributed by atoms with E-state index in [-0.39, 0.29) is 0 Å². The number of nitrogens with two attached hydrogens (primary N) is 1. The molecule has 0 aliphatic heterocycles. The second kappa shape index (κ2) is 4.84. The van der Waals surface area contributed by atoms with E-state index in [1.807, 2.05) is 18.2 Å². The summed E-state index contributed by atoms with van der Waals surface area (Å²) in [7, 11) is 0. The second-order valence-corrected chi connectivity index (χ2v) is 5.58. The first-order valence-corrected chi connectivity index (χ1v) is 6.89. The van der Waals surface area contributed by atoms with Gasteiger partial charge in [-0.2, -0.15) is 0 Å². The number of anilines is 1. The molecule has 2 aromatic carbocycles. The largest absolute Gasteiger partial charge is 0.398 e. The van der Waals surface area contributed by atoms with E-state index in [4.69, 9.17) is 21.9 Å². The summed E-state index contributed by atoms with van der Waals surface area (Å²) in [5.74, 6) is 0.456. The zero-order valence-corrected chi connectivity index (χ0v) is 12.1. The Hall–Kier alpha value is -2.00. The molecule has 20 heavy (non-hydrogen) atoms. The van der Waals surface area contributed by atoms with Crippen LogP contribution in [0.1, 0.15) is 25.3 Å². The first kappa shape index (κ1) is 13.0. The number of fused-ring (bicyclic) bond motifs is 1. The van der Waals surface area contributed by atoms with Gasteiger partial charge in [0.15, 0.2) is 5.58 Å². The van der Waals surface area contributed by atoms with Gasteiger partial charge in [0.25, 0.3) is 0 Å². The Balaban J connectivity index is 2.20. The van der Waals surface area contributed by atoms with Crippen molar-refractivity contribution in [1.29, 1.82) is 0 Å². The van der Waals surface area contributed by atoms with Crippen molar-refractivity contribution in [2.24, 2.45) is 0 Å². The summed E-state index contributed by atoms with van der Waals surface area (Å²) in [6, 6.07) is 11.6. The predicted molar refractivity (Wildman–Crippen MR) is 83.0 cm³/mol. The highest BCUT2D eigenvalue weighted by atomic mass is 35.5. The quantitative estimate of drug-likeness (QED) is 0.685. The molecular formula is C16H15ClN2O. The smallest absolute Gasteiger partial charge is 0.167 e. The summed E-state index contributed by atoms with van der Waals surface area (Å²) in [6.45, 7) is 4.32. The molecule has 3 aromatic rings. The molecular weight excluding hydrogens is 272 g/mol. The molecule has 3 nitrogen and oxygen atoms in total. The van der Waals surface area contributed by atoms with Crippen LogP contribution in [-0.2, 0) is 0 Å². The summed E-state index contributed by atoms with van der Waals surface area (Å²) in [5, 5.41) is 5.71. The molecule has 3 rings (SSSR count). The maximum atomic E-state index is 5.96. The molecule has 102 valence electrons. The van der Waals surface area contributed by atoms with Crippen LogP contribution in [0.5, 0.6) is 0 Å². The molecule has 0 aliphatic rings. The Morgan fingerprint density at radius 2 is 1.95 bits per heavy atom.